The lowest BCUT2D eigenvalue weighted by atomic mass is 9.68. The summed E-state index contributed by atoms with van der Waals surface area (Å²) in [5.74, 6) is -0.252. The van der Waals surface area contributed by atoms with Crippen LogP contribution in [0.1, 0.15) is 45.1 Å². The van der Waals surface area contributed by atoms with Crippen molar-refractivity contribution in [3.05, 3.63) is 29.8 Å². The Morgan fingerprint density at radius 2 is 2.07 bits per heavy atom. The number of aliphatic carboxylic acids is 1. The molecule has 27 heavy (non-hydrogen) atoms. The lowest BCUT2D eigenvalue weighted by molar-refractivity contribution is -0.148. The van der Waals surface area contributed by atoms with Gasteiger partial charge in [0.2, 0.25) is 5.91 Å². The van der Waals surface area contributed by atoms with E-state index in [-0.39, 0.29) is 11.3 Å². The number of likely N-dealkylation sites (tertiary alicyclic amines) is 2. The fraction of sp³-hybridized carbons (Fsp3) is 0.619. The first-order chi connectivity index (χ1) is 12.8. The number of phenolic OH excluding ortho intramolecular Hbond substituents is 1. The van der Waals surface area contributed by atoms with Crippen molar-refractivity contribution in [1.29, 1.82) is 0 Å². The van der Waals surface area contributed by atoms with Crippen molar-refractivity contribution in [2.45, 2.75) is 51.0 Å². The van der Waals surface area contributed by atoms with Crippen molar-refractivity contribution in [3.8, 4) is 5.75 Å². The molecule has 3 rings (SSSR count). The van der Waals surface area contributed by atoms with Crippen molar-refractivity contribution in [3.63, 3.8) is 0 Å². The maximum absolute atomic E-state index is 12.5. The van der Waals surface area contributed by atoms with Crippen LogP contribution >= 0.6 is 0 Å². The number of nitrogens with zero attached hydrogens (tertiary/aromatic N) is 2. The van der Waals surface area contributed by atoms with Gasteiger partial charge < -0.3 is 20.0 Å². The Labute approximate surface area is 160 Å². The molecule has 1 aromatic carbocycles. The lowest BCUT2D eigenvalue weighted by Crippen LogP contribution is -2.48. The minimum absolute atomic E-state index is 0.00258. The Morgan fingerprint density at radius 1 is 1.30 bits per heavy atom. The van der Waals surface area contributed by atoms with Gasteiger partial charge in [-0.3, -0.25) is 4.79 Å². The number of benzene rings is 1. The average molecular weight is 374 g/mol. The van der Waals surface area contributed by atoms with E-state index in [9.17, 15) is 19.8 Å². The highest BCUT2D eigenvalue weighted by atomic mass is 16.4. The highest BCUT2D eigenvalue weighted by Crippen LogP contribution is 2.40. The van der Waals surface area contributed by atoms with E-state index in [4.69, 9.17) is 0 Å². The average Bonchev–Trinajstić information content (AvgIpc) is 3.13. The number of rotatable bonds is 5. The van der Waals surface area contributed by atoms with E-state index < -0.39 is 12.0 Å². The molecule has 2 aliphatic rings. The number of piperidine rings is 1. The Kier molecular flexibility index (Phi) is 5.75. The number of carbonyl (C=O) groups is 2. The molecule has 2 heterocycles. The fourth-order valence-corrected chi connectivity index (χ4v) is 4.53. The summed E-state index contributed by atoms with van der Waals surface area (Å²) >= 11 is 0. The third-order valence-corrected chi connectivity index (χ3v) is 6.57. The summed E-state index contributed by atoms with van der Waals surface area (Å²) in [5.41, 5.74) is 1.16. The van der Waals surface area contributed by atoms with Crippen LogP contribution in [0.3, 0.4) is 0 Å². The quantitative estimate of drug-likeness (QED) is 0.827. The molecule has 3 atom stereocenters. The van der Waals surface area contributed by atoms with Gasteiger partial charge in [0.1, 0.15) is 11.8 Å². The van der Waals surface area contributed by atoms with Gasteiger partial charge >= 0.3 is 5.97 Å². The molecule has 0 radical (unpaired) electrons. The molecule has 0 aromatic heterocycles. The number of aromatic hydroxyl groups is 1. The van der Waals surface area contributed by atoms with E-state index in [1.807, 2.05) is 12.1 Å². The van der Waals surface area contributed by atoms with Crippen LogP contribution in [-0.2, 0) is 15.0 Å². The highest BCUT2D eigenvalue weighted by Gasteiger charge is 2.39. The zero-order valence-electron chi connectivity index (χ0n) is 16.2. The second-order valence-corrected chi connectivity index (χ2v) is 8.25. The van der Waals surface area contributed by atoms with Gasteiger partial charge in [-0.15, -0.1) is 0 Å². The molecule has 0 saturated carbocycles. The molecular formula is C21H30N2O4. The van der Waals surface area contributed by atoms with Gasteiger partial charge in [0.25, 0.3) is 0 Å². The first-order valence-corrected chi connectivity index (χ1v) is 9.85. The van der Waals surface area contributed by atoms with E-state index in [1.54, 1.807) is 6.07 Å². The number of amides is 1. The monoisotopic (exact) mass is 374 g/mol. The molecule has 0 spiro atoms. The Balaban J connectivity index is 1.55. The number of hydrogen-bond acceptors (Lipinski definition) is 4. The van der Waals surface area contributed by atoms with Gasteiger partial charge in [-0.1, -0.05) is 26.0 Å². The van der Waals surface area contributed by atoms with Crippen molar-refractivity contribution in [2.75, 3.05) is 26.2 Å². The van der Waals surface area contributed by atoms with E-state index in [1.165, 1.54) is 4.90 Å². The summed E-state index contributed by atoms with van der Waals surface area (Å²) in [6, 6.07) is 6.87. The minimum atomic E-state index is -0.894. The highest BCUT2D eigenvalue weighted by molar-refractivity contribution is 5.84. The second-order valence-electron chi connectivity index (χ2n) is 8.25. The number of carbonyl (C=O) groups excluding carboxylic acids is 1. The molecule has 6 heteroatoms. The van der Waals surface area contributed by atoms with Gasteiger partial charge in [0.05, 0.1) is 0 Å². The van der Waals surface area contributed by atoms with Crippen LogP contribution in [0.25, 0.3) is 0 Å². The van der Waals surface area contributed by atoms with Crippen LogP contribution < -0.4 is 0 Å². The first-order valence-electron chi connectivity index (χ1n) is 9.85. The molecule has 2 aliphatic heterocycles. The van der Waals surface area contributed by atoms with Crippen LogP contribution in [0.15, 0.2) is 24.3 Å². The van der Waals surface area contributed by atoms with Gasteiger partial charge in [0.15, 0.2) is 0 Å². The molecule has 148 valence electrons. The number of carboxylic acid groups (broad SMARTS) is 1. The summed E-state index contributed by atoms with van der Waals surface area (Å²) < 4.78 is 0. The normalized spacial score (nSPS) is 29.0. The second kappa shape index (κ2) is 7.89. The molecule has 0 bridgehead atoms. The predicted molar refractivity (Wildman–Crippen MR) is 103 cm³/mol. The fourth-order valence-electron chi connectivity index (χ4n) is 4.53. The molecule has 2 fully saturated rings. The van der Waals surface area contributed by atoms with Gasteiger partial charge in [-0.2, -0.15) is 0 Å². The summed E-state index contributed by atoms with van der Waals surface area (Å²) in [4.78, 5) is 27.6. The van der Waals surface area contributed by atoms with E-state index in [0.29, 0.717) is 37.6 Å². The van der Waals surface area contributed by atoms with Crippen LogP contribution in [0.2, 0.25) is 0 Å². The van der Waals surface area contributed by atoms with Crippen LogP contribution in [0.5, 0.6) is 5.75 Å². The largest absolute Gasteiger partial charge is 0.508 e. The molecule has 2 saturated heterocycles. The summed E-state index contributed by atoms with van der Waals surface area (Å²) in [6.07, 6.45) is 2.67. The van der Waals surface area contributed by atoms with Gasteiger partial charge in [-0.05, 0) is 54.8 Å². The van der Waals surface area contributed by atoms with E-state index in [2.05, 4.69) is 24.8 Å². The van der Waals surface area contributed by atoms with Crippen molar-refractivity contribution in [2.24, 2.45) is 5.92 Å². The maximum atomic E-state index is 12.5. The van der Waals surface area contributed by atoms with Crippen molar-refractivity contribution < 1.29 is 19.8 Å². The van der Waals surface area contributed by atoms with Crippen LogP contribution in [0.4, 0.5) is 0 Å². The number of phenols is 1. The predicted octanol–water partition coefficient (Wildman–Crippen LogP) is 2.46. The Hall–Kier alpha value is -2.08. The van der Waals surface area contributed by atoms with Gasteiger partial charge in [-0.25, -0.2) is 4.79 Å². The topological polar surface area (TPSA) is 81.1 Å². The molecule has 2 N–H and O–H groups in total. The lowest BCUT2D eigenvalue weighted by Gasteiger charge is -2.45. The maximum Gasteiger partial charge on any atom is 0.326 e. The molecule has 2 unspecified atom stereocenters. The summed E-state index contributed by atoms with van der Waals surface area (Å²) in [5, 5.41) is 19.1. The third-order valence-electron chi connectivity index (χ3n) is 6.57. The Bertz CT molecular complexity index is 707. The van der Waals surface area contributed by atoms with Crippen LogP contribution in [-0.4, -0.2) is 64.1 Å². The molecular weight excluding hydrogens is 344 g/mol. The SMILES string of the molecule is CC1CN(CCC(=O)N2CCC[C@@H]2C(=O)O)CCC1(C)c1cccc(O)c1. The number of carboxylic acids is 1. The van der Waals surface area contributed by atoms with E-state index >= 15 is 0 Å². The minimum Gasteiger partial charge on any atom is -0.508 e. The molecule has 0 aliphatic carbocycles. The van der Waals surface area contributed by atoms with Crippen molar-refractivity contribution in [1.82, 2.24) is 9.80 Å². The van der Waals surface area contributed by atoms with E-state index in [0.717, 1.165) is 31.5 Å². The smallest absolute Gasteiger partial charge is 0.326 e. The first kappa shape index (κ1) is 19.7. The third kappa shape index (κ3) is 4.10. The molecule has 1 aromatic rings. The summed E-state index contributed by atoms with van der Waals surface area (Å²) in [6.45, 7) is 7.48. The molecule has 6 nitrogen and oxygen atoms in total. The zero-order chi connectivity index (χ0) is 19.6. The van der Waals surface area contributed by atoms with Crippen molar-refractivity contribution >= 4 is 11.9 Å². The number of hydrogen-bond donors (Lipinski definition) is 2. The zero-order valence-corrected chi connectivity index (χ0v) is 16.2. The standard InChI is InChI=1S/C21H30N2O4/c1-15-14-22(11-8-19(25)23-10-4-7-18(23)20(26)27)12-9-21(15,2)16-5-3-6-17(24)13-16/h3,5-6,13,15,18,24H,4,7-12,14H2,1-2H3,(H,26,27)/t15?,18-,21?/m1/s1. The van der Waals surface area contributed by atoms with Crippen LogP contribution in [0, 0.1) is 5.92 Å². The van der Waals surface area contributed by atoms with Gasteiger partial charge in [0, 0.05) is 26.1 Å². The Morgan fingerprint density at radius 3 is 2.74 bits per heavy atom. The summed E-state index contributed by atoms with van der Waals surface area (Å²) in [7, 11) is 0. The molecule has 1 amide bonds.